The molecule has 4 bridgehead atoms. The summed E-state index contributed by atoms with van der Waals surface area (Å²) in [6.07, 6.45) is 16.0. The van der Waals surface area contributed by atoms with Gasteiger partial charge >= 0.3 is 7.12 Å². The zero-order valence-corrected chi connectivity index (χ0v) is 42.3. The normalized spacial score (nSPS) is 18.9. The smallest absolute Gasteiger partial charge is 0.490 e. The van der Waals surface area contributed by atoms with Crippen LogP contribution in [-0.4, -0.2) is 136 Å². The fourth-order valence-electron chi connectivity index (χ4n) is 9.94. The second-order valence-electron chi connectivity index (χ2n) is 17.9. The van der Waals surface area contributed by atoms with E-state index in [9.17, 15) is 10.4 Å². The van der Waals surface area contributed by atoms with Crippen LogP contribution in [-0.2, 0) is 13.1 Å². The number of rotatable bonds is 10. The maximum atomic E-state index is 9.50. The number of pyridine rings is 6. The standard InChI is InChI=1S/C25H22BrN7O.C17H21BN4O3.C8H4BrN3O/c1-34-24-5-2-16(9-29-24)12-32-20-7-21(32)15-31(14-20)23-4-3-17(10-28-23)22-6-19(26)13-33-25(22)18(8-27)11-30-33;1-25-17-5-2-12(7-20-17)9-22-14-6-15(22)11-21(10-14)16-4-3-13(8-19-16)18(23)24;9-7-1-6(13)4-12-8(7)5(2-10)3-11-12/h2-6,9-11,13,20-21H,7,12,14-15H2,1H3;2-5,7-8,14-15,23-24H,6,9-11H2,1H3;1,3-4,13H. The maximum Gasteiger partial charge on any atom is 0.490 e. The number of piperidine rings is 2. The molecule has 6 aliphatic rings. The van der Waals surface area contributed by atoms with Crippen molar-refractivity contribution < 1.29 is 24.6 Å². The third-order valence-electron chi connectivity index (χ3n) is 13.6. The van der Waals surface area contributed by atoms with Gasteiger partial charge < -0.3 is 34.4 Å². The van der Waals surface area contributed by atoms with Crippen LogP contribution >= 0.6 is 31.9 Å². The number of anilines is 2. The average Bonchev–Trinajstić information content (AvgIpc) is 4.04. The summed E-state index contributed by atoms with van der Waals surface area (Å²) < 4.78 is 15.0. The zero-order valence-electron chi connectivity index (χ0n) is 39.1. The number of hydrogen-bond acceptors (Lipinski definition) is 17. The average molecular weight is 1090 g/mol. The van der Waals surface area contributed by atoms with Gasteiger partial charge in [0.05, 0.1) is 55.0 Å². The van der Waals surface area contributed by atoms with E-state index in [1.165, 1.54) is 53.1 Å². The summed E-state index contributed by atoms with van der Waals surface area (Å²) >= 11 is 6.80. The topological polar surface area (TPSA) is 226 Å². The number of nitriles is 2. The summed E-state index contributed by atoms with van der Waals surface area (Å²) in [5.74, 6) is 3.27. The van der Waals surface area contributed by atoms with Gasteiger partial charge in [0.1, 0.15) is 29.5 Å². The van der Waals surface area contributed by atoms with Crippen LogP contribution in [0.3, 0.4) is 0 Å². The Balaban J connectivity index is 0.000000137. The Labute approximate surface area is 431 Å². The first-order chi connectivity index (χ1) is 35.0. The number of halogens is 2. The number of piperazine rings is 2. The van der Waals surface area contributed by atoms with Crippen molar-refractivity contribution in [3.05, 3.63) is 141 Å². The Hall–Kier alpha value is -7.18. The van der Waals surface area contributed by atoms with Gasteiger partial charge in [-0.3, -0.25) is 9.80 Å². The van der Waals surface area contributed by atoms with Gasteiger partial charge in [-0.1, -0.05) is 18.2 Å². The van der Waals surface area contributed by atoms with Crippen LogP contribution in [0.5, 0.6) is 17.5 Å². The Morgan fingerprint density at radius 1 is 0.639 bits per heavy atom. The molecule has 6 saturated heterocycles. The lowest BCUT2D eigenvalue weighted by molar-refractivity contribution is -0.00879. The first-order valence-electron chi connectivity index (χ1n) is 23.1. The third-order valence-corrected chi connectivity index (χ3v) is 14.6. The summed E-state index contributed by atoms with van der Waals surface area (Å²) in [5.41, 5.74) is 7.21. The Morgan fingerprint density at radius 2 is 1.17 bits per heavy atom. The van der Waals surface area contributed by atoms with Crippen molar-refractivity contribution >= 4 is 67.1 Å². The first kappa shape index (κ1) is 48.5. The molecule has 6 aliphatic heterocycles. The molecule has 14 rings (SSSR count). The van der Waals surface area contributed by atoms with Gasteiger partial charge in [-0.15, -0.1) is 0 Å². The van der Waals surface area contributed by atoms with E-state index in [1.807, 2.05) is 55.1 Å². The number of nitrogens with zero attached hydrogens (tertiary/aromatic N) is 14. The molecule has 8 aromatic rings. The molecule has 3 N–H and O–H groups in total. The molecule has 22 heteroatoms. The quantitative estimate of drug-likeness (QED) is 0.150. The highest BCUT2D eigenvalue weighted by Crippen LogP contribution is 2.38. The van der Waals surface area contributed by atoms with E-state index in [2.05, 4.69) is 107 Å². The summed E-state index contributed by atoms with van der Waals surface area (Å²) in [5, 5.41) is 54.0. The highest BCUT2D eigenvalue weighted by molar-refractivity contribution is 9.11. The first-order valence-corrected chi connectivity index (χ1v) is 24.7. The molecule has 0 spiro atoms. The number of aromatic nitrogens is 8. The van der Waals surface area contributed by atoms with Crippen molar-refractivity contribution in [3.8, 4) is 40.8 Å². The number of hydrogen-bond donors (Lipinski definition) is 3. The fourth-order valence-corrected chi connectivity index (χ4v) is 11.0. The van der Waals surface area contributed by atoms with E-state index in [-0.39, 0.29) is 5.75 Å². The lowest BCUT2D eigenvalue weighted by Crippen LogP contribution is -2.68. The second-order valence-corrected chi connectivity index (χ2v) is 19.7. The van der Waals surface area contributed by atoms with Crippen LogP contribution < -0.4 is 24.7 Å². The molecule has 0 aliphatic carbocycles. The largest absolute Gasteiger partial charge is 0.506 e. The Morgan fingerprint density at radius 3 is 1.62 bits per heavy atom. The van der Waals surface area contributed by atoms with E-state index in [4.69, 9.17) is 29.8 Å². The van der Waals surface area contributed by atoms with Crippen LogP contribution in [0.25, 0.3) is 22.2 Å². The van der Waals surface area contributed by atoms with Crippen LogP contribution in [0, 0.1) is 22.7 Å². The van der Waals surface area contributed by atoms with Crippen LogP contribution in [0.1, 0.15) is 35.1 Å². The van der Waals surface area contributed by atoms with Crippen LogP contribution in [0.4, 0.5) is 11.6 Å². The lowest BCUT2D eigenvalue weighted by atomic mass is 9.82. The molecule has 0 amide bonds. The molecular weight excluding hydrogens is 1050 g/mol. The molecule has 14 heterocycles. The minimum absolute atomic E-state index is 0.104. The summed E-state index contributed by atoms with van der Waals surface area (Å²) in [6.45, 7) is 5.63. The summed E-state index contributed by atoms with van der Waals surface area (Å²) in [6, 6.07) is 25.6. The van der Waals surface area contributed by atoms with Crippen molar-refractivity contribution in [2.75, 3.05) is 50.2 Å². The number of aromatic hydroxyl groups is 1. The van der Waals surface area contributed by atoms with Crippen LogP contribution in [0.2, 0.25) is 0 Å². The van der Waals surface area contributed by atoms with Gasteiger partial charge in [-0.05, 0) is 86.2 Å². The minimum Gasteiger partial charge on any atom is -0.506 e. The minimum atomic E-state index is -1.47. The number of ether oxygens (including phenoxy) is 2. The monoisotopic (exact) mass is 1090 g/mol. The van der Waals surface area contributed by atoms with Gasteiger partial charge in [-0.25, -0.2) is 29.0 Å². The predicted molar refractivity (Wildman–Crippen MR) is 276 cm³/mol. The Kier molecular flexibility index (Phi) is 14.1. The molecule has 72 heavy (non-hydrogen) atoms. The number of fused-ring (bicyclic) bond motifs is 6. The molecule has 4 unspecified atom stereocenters. The van der Waals surface area contributed by atoms with E-state index in [1.54, 1.807) is 31.0 Å². The lowest BCUT2D eigenvalue weighted by Gasteiger charge is -2.56. The zero-order chi connectivity index (χ0) is 50.0. The molecule has 8 aromatic heterocycles. The van der Waals surface area contributed by atoms with Crippen molar-refractivity contribution in [3.63, 3.8) is 0 Å². The highest BCUT2D eigenvalue weighted by atomic mass is 79.9. The molecule has 0 saturated carbocycles. The second kappa shape index (κ2) is 20.9. The SMILES string of the molecule is COc1ccc(CN2C3CC2CN(c2ccc(-c4cc(Br)cn5ncc(C#N)c45)cn2)C3)cn1.COc1ccc(CN2C3CC2CN(c2ccc(B(O)O)cn2)C3)cn1.N#Cc1cnn2cc(O)cc(Br)c12. The van der Waals surface area contributed by atoms with Crippen molar-refractivity contribution in [2.24, 2.45) is 0 Å². The van der Waals surface area contributed by atoms with Gasteiger partial charge in [-0.2, -0.15) is 20.7 Å². The van der Waals surface area contributed by atoms with Crippen molar-refractivity contribution in [2.45, 2.75) is 50.1 Å². The summed E-state index contributed by atoms with van der Waals surface area (Å²) in [7, 11) is 1.79. The molecule has 0 radical (unpaired) electrons. The van der Waals surface area contributed by atoms with Gasteiger partial charge in [0.25, 0.3) is 0 Å². The predicted octanol–water partition coefficient (Wildman–Crippen LogP) is 5.20. The van der Waals surface area contributed by atoms with Crippen molar-refractivity contribution in [1.82, 2.24) is 49.0 Å². The molecule has 0 aromatic carbocycles. The maximum absolute atomic E-state index is 9.50. The van der Waals surface area contributed by atoms with Crippen molar-refractivity contribution in [1.29, 1.82) is 10.5 Å². The number of methoxy groups -OCH3 is 2. The molecular formula is C50H47BBr2N14O5. The van der Waals surface area contributed by atoms with E-state index in [0.29, 0.717) is 62.5 Å². The van der Waals surface area contributed by atoms with Crippen LogP contribution in [0.15, 0.2) is 119 Å². The molecule has 4 atom stereocenters. The van der Waals surface area contributed by atoms with E-state index < -0.39 is 7.12 Å². The molecule has 19 nitrogen and oxygen atoms in total. The van der Waals surface area contributed by atoms with Gasteiger partial charge in [0, 0.05) is 132 Å². The third kappa shape index (κ3) is 10.0. The summed E-state index contributed by atoms with van der Waals surface area (Å²) in [4.78, 5) is 27.5. The highest BCUT2D eigenvalue weighted by Gasteiger charge is 2.46. The van der Waals surface area contributed by atoms with E-state index >= 15 is 0 Å². The fraction of sp³-hybridized carbons (Fsp3) is 0.280. The van der Waals surface area contributed by atoms with Gasteiger partial charge in [0.15, 0.2) is 0 Å². The molecule has 364 valence electrons. The Bertz CT molecular complexity index is 3270. The van der Waals surface area contributed by atoms with E-state index in [0.717, 1.165) is 72.0 Å². The molecule has 6 fully saturated rings. The van der Waals surface area contributed by atoms with Gasteiger partial charge in [0.2, 0.25) is 11.8 Å².